The molecule has 0 saturated heterocycles. The van der Waals surface area contributed by atoms with Crippen molar-refractivity contribution < 1.29 is 19.2 Å². The highest BCUT2D eigenvalue weighted by Crippen LogP contribution is 2.39. The highest BCUT2D eigenvalue weighted by Gasteiger charge is 2.36. The maximum absolute atomic E-state index is 13.8. The van der Waals surface area contributed by atoms with Gasteiger partial charge < -0.3 is 19.5 Å². The fourth-order valence-electron chi connectivity index (χ4n) is 4.06. The van der Waals surface area contributed by atoms with Crippen molar-refractivity contribution in [3.05, 3.63) is 47.0 Å². The van der Waals surface area contributed by atoms with Gasteiger partial charge in [-0.05, 0) is 53.5 Å². The minimum absolute atomic E-state index is 0.0352. The number of anilines is 1. The normalized spacial score (nSPS) is 18.3. The first-order chi connectivity index (χ1) is 11.7. The van der Waals surface area contributed by atoms with E-state index >= 15 is 0 Å². The van der Waals surface area contributed by atoms with Crippen LogP contribution in [-0.2, 0) is 19.4 Å². The Morgan fingerprint density at radius 3 is 2.60 bits per heavy atom. The highest BCUT2D eigenvalue weighted by atomic mass is 19.1. The standard InChI is InChI=1S/C18H20BFN2O3/c1-18(2)9-11-5-15-17(23)21(3-4-22(15)16(11)10-18)14-7-12(19(24)25)6-13(20)8-14/h5-8,24-25H,3-4,9-10H2,1-2H3. The van der Waals surface area contributed by atoms with Gasteiger partial charge in [0.25, 0.3) is 5.91 Å². The van der Waals surface area contributed by atoms with E-state index in [0.29, 0.717) is 24.5 Å². The molecular weight excluding hydrogens is 322 g/mol. The van der Waals surface area contributed by atoms with Gasteiger partial charge in [-0.25, -0.2) is 4.39 Å². The van der Waals surface area contributed by atoms with Crippen molar-refractivity contribution >= 4 is 24.2 Å². The molecule has 0 atom stereocenters. The summed E-state index contributed by atoms with van der Waals surface area (Å²) in [5.41, 5.74) is 3.69. The number of benzene rings is 1. The Balaban J connectivity index is 1.70. The smallest absolute Gasteiger partial charge is 0.423 e. The van der Waals surface area contributed by atoms with Gasteiger partial charge in [-0.3, -0.25) is 4.79 Å². The number of halogens is 1. The minimum Gasteiger partial charge on any atom is -0.423 e. The van der Waals surface area contributed by atoms with E-state index in [2.05, 4.69) is 18.4 Å². The molecule has 5 nitrogen and oxygen atoms in total. The molecule has 0 saturated carbocycles. The molecule has 0 radical (unpaired) electrons. The quantitative estimate of drug-likeness (QED) is 0.803. The summed E-state index contributed by atoms with van der Waals surface area (Å²) in [5, 5.41) is 18.6. The summed E-state index contributed by atoms with van der Waals surface area (Å²) in [4.78, 5) is 14.4. The van der Waals surface area contributed by atoms with Crippen LogP contribution in [0.3, 0.4) is 0 Å². The number of carbonyl (C=O) groups excluding carboxylic acids is 1. The van der Waals surface area contributed by atoms with Crippen LogP contribution in [0.1, 0.15) is 35.6 Å². The summed E-state index contributed by atoms with van der Waals surface area (Å²) < 4.78 is 15.9. The number of hydrogen-bond acceptors (Lipinski definition) is 3. The van der Waals surface area contributed by atoms with Crippen LogP contribution < -0.4 is 10.4 Å². The zero-order valence-corrected chi connectivity index (χ0v) is 14.3. The lowest BCUT2D eigenvalue weighted by Gasteiger charge is -2.30. The van der Waals surface area contributed by atoms with E-state index in [9.17, 15) is 19.2 Å². The first-order valence-electron chi connectivity index (χ1n) is 8.45. The molecule has 1 aliphatic heterocycles. The highest BCUT2D eigenvalue weighted by molar-refractivity contribution is 6.58. The van der Waals surface area contributed by atoms with Gasteiger partial charge in [-0.15, -0.1) is 0 Å². The molecule has 0 spiro atoms. The molecule has 0 unspecified atom stereocenters. The van der Waals surface area contributed by atoms with Crippen molar-refractivity contribution in [2.45, 2.75) is 33.2 Å². The number of nitrogens with zero attached hydrogens (tertiary/aromatic N) is 2. The predicted octanol–water partition coefficient (Wildman–Crippen LogP) is 1.09. The molecule has 25 heavy (non-hydrogen) atoms. The monoisotopic (exact) mass is 342 g/mol. The molecule has 1 amide bonds. The molecule has 2 N–H and O–H groups in total. The Labute approximate surface area is 145 Å². The van der Waals surface area contributed by atoms with Gasteiger partial charge in [0.15, 0.2) is 0 Å². The summed E-state index contributed by atoms with van der Waals surface area (Å²) >= 11 is 0. The predicted molar refractivity (Wildman–Crippen MR) is 93.5 cm³/mol. The molecule has 2 heterocycles. The average Bonchev–Trinajstić information content (AvgIpc) is 2.99. The minimum atomic E-state index is -1.77. The molecule has 130 valence electrons. The van der Waals surface area contributed by atoms with E-state index in [0.717, 1.165) is 18.9 Å². The molecule has 1 aromatic carbocycles. The van der Waals surface area contributed by atoms with Crippen LogP contribution in [0.5, 0.6) is 0 Å². The third-order valence-electron chi connectivity index (χ3n) is 5.14. The fourth-order valence-corrected chi connectivity index (χ4v) is 4.06. The number of hydrogen-bond donors (Lipinski definition) is 2. The van der Waals surface area contributed by atoms with Gasteiger partial charge in [0.1, 0.15) is 11.5 Å². The lowest BCUT2D eigenvalue weighted by molar-refractivity contribution is 0.0964. The third-order valence-corrected chi connectivity index (χ3v) is 5.14. The molecule has 2 aromatic rings. The Bertz CT molecular complexity index is 875. The lowest BCUT2D eigenvalue weighted by Crippen LogP contribution is -2.41. The van der Waals surface area contributed by atoms with Crippen LogP contribution in [0.2, 0.25) is 0 Å². The van der Waals surface area contributed by atoms with Crippen molar-refractivity contribution in [1.29, 1.82) is 0 Å². The number of amides is 1. The van der Waals surface area contributed by atoms with Crippen molar-refractivity contribution in [1.82, 2.24) is 4.57 Å². The van der Waals surface area contributed by atoms with Gasteiger partial charge in [-0.2, -0.15) is 0 Å². The zero-order chi connectivity index (χ0) is 17.9. The van der Waals surface area contributed by atoms with E-state index in [4.69, 9.17) is 0 Å². The van der Waals surface area contributed by atoms with Crippen LogP contribution in [0.4, 0.5) is 10.1 Å². The van der Waals surface area contributed by atoms with Crippen molar-refractivity contribution in [2.24, 2.45) is 5.41 Å². The summed E-state index contributed by atoms with van der Waals surface area (Å²) in [6.07, 6.45) is 1.91. The molecule has 4 rings (SSSR count). The first kappa shape index (κ1) is 16.4. The summed E-state index contributed by atoms with van der Waals surface area (Å²) in [6, 6.07) is 5.71. The van der Waals surface area contributed by atoms with E-state index in [-0.39, 0.29) is 16.8 Å². The lowest BCUT2D eigenvalue weighted by atomic mass is 9.80. The summed E-state index contributed by atoms with van der Waals surface area (Å²) in [7, 11) is -1.77. The Kier molecular flexibility index (Phi) is 3.56. The Morgan fingerprint density at radius 1 is 1.12 bits per heavy atom. The van der Waals surface area contributed by atoms with Crippen molar-refractivity contribution in [2.75, 3.05) is 11.4 Å². The maximum atomic E-state index is 13.8. The van der Waals surface area contributed by atoms with Gasteiger partial charge in [0.2, 0.25) is 0 Å². The van der Waals surface area contributed by atoms with Crippen LogP contribution in [0, 0.1) is 11.2 Å². The Hall–Kier alpha value is -2.12. The Morgan fingerprint density at radius 2 is 1.88 bits per heavy atom. The van der Waals surface area contributed by atoms with Crippen molar-refractivity contribution in [3.8, 4) is 0 Å². The van der Waals surface area contributed by atoms with Gasteiger partial charge in [0.05, 0.1) is 0 Å². The van der Waals surface area contributed by atoms with Crippen LogP contribution >= 0.6 is 0 Å². The number of fused-ring (bicyclic) bond motifs is 3. The average molecular weight is 342 g/mol. The summed E-state index contributed by atoms with van der Waals surface area (Å²) in [6.45, 7) is 5.54. The molecule has 0 fully saturated rings. The van der Waals surface area contributed by atoms with Crippen LogP contribution in [-0.4, -0.2) is 34.2 Å². The van der Waals surface area contributed by atoms with Crippen LogP contribution in [0.25, 0.3) is 0 Å². The number of carbonyl (C=O) groups is 1. The van der Waals surface area contributed by atoms with E-state index in [1.807, 2.05) is 6.07 Å². The molecule has 1 aliphatic carbocycles. The molecular formula is C18H20BFN2O3. The van der Waals surface area contributed by atoms with E-state index < -0.39 is 12.9 Å². The first-order valence-corrected chi connectivity index (χ1v) is 8.45. The summed E-state index contributed by atoms with van der Waals surface area (Å²) in [5.74, 6) is -0.777. The number of rotatable bonds is 2. The van der Waals surface area contributed by atoms with Gasteiger partial charge in [0, 0.05) is 24.5 Å². The molecule has 7 heteroatoms. The largest absolute Gasteiger partial charge is 0.488 e. The second-order valence-electron chi connectivity index (χ2n) is 7.74. The van der Waals surface area contributed by atoms with E-state index in [1.54, 1.807) is 0 Å². The third kappa shape index (κ3) is 2.67. The van der Waals surface area contributed by atoms with Crippen LogP contribution in [0.15, 0.2) is 24.3 Å². The molecule has 0 bridgehead atoms. The second-order valence-corrected chi connectivity index (χ2v) is 7.74. The van der Waals surface area contributed by atoms with E-state index in [1.165, 1.54) is 28.3 Å². The fraction of sp³-hybridized carbons (Fsp3) is 0.389. The van der Waals surface area contributed by atoms with Crippen molar-refractivity contribution in [3.63, 3.8) is 0 Å². The molecule has 1 aromatic heterocycles. The molecule has 2 aliphatic rings. The van der Waals surface area contributed by atoms with Gasteiger partial charge in [-0.1, -0.05) is 13.8 Å². The zero-order valence-electron chi connectivity index (χ0n) is 14.3. The topological polar surface area (TPSA) is 65.7 Å². The SMILES string of the molecule is CC1(C)Cc2cc3n(c2C1)CCN(c1cc(F)cc(B(O)O)c1)C3=O. The number of aromatic nitrogens is 1. The maximum Gasteiger partial charge on any atom is 0.488 e. The second kappa shape index (κ2) is 5.44. The van der Waals surface area contributed by atoms with Gasteiger partial charge >= 0.3 is 7.12 Å².